The zero-order valence-electron chi connectivity index (χ0n) is 18.1. The van der Waals surface area contributed by atoms with E-state index in [2.05, 4.69) is 24.3 Å². The Bertz CT molecular complexity index is 1250. The quantitative estimate of drug-likeness (QED) is 0.371. The summed E-state index contributed by atoms with van der Waals surface area (Å²) in [5.41, 5.74) is 1.88. The average Bonchev–Trinajstić information content (AvgIpc) is 3.47. The van der Waals surface area contributed by atoms with Gasteiger partial charge in [0.2, 0.25) is 5.91 Å². The summed E-state index contributed by atoms with van der Waals surface area (Å²) in [6, 6.07) is 20.3. The Kier molecular flexibility index (Phi) is 6.06. The standard InChI is InChI=1S/C26H26N2O3S/c1-2-30-21-11-12-23-24(16-21)32-26(27-23)28(17-22-8-5-13-31-22)25(29)15-18-9-10-19-6-3-4-7-20(19)14-18/h3-4,6-7,9-12,14,16,22H,2,5,8,13,15,17H2,1H3. The van der Waals surface area contributed by atoms with E-state index in [0.29, 0.717) is 19.6 Å². The second-order valence-corrected chi connectivity index (χ2v) is 9.07. The molecule has 164 valence electrons. The number of ether oxygens (including phenoxy) is 2. The van der Waals surface area contributed by atoms with Gasteiger partial charge in [0.25, 0.3) is 0 Å². The summed E-state index contributed by atoms with van der Waals surface area (Å²) < 4.78 is 12.5. The van der Waals surface area contributed by atoms with Crippen molar-refractivity contribution < 1.29 is 14.3 Å². The van der Waals surface area contributed by atoms with Crippen LogP contribution in [0.5, 0.6) is 5.75 Å². The summed E-state index contributed by atoms with van der Waals surface area (Å²) in [7, 11) is 0. The molecule has 5 rings (SSSR count). The lowest BCUT2D eigenvalue weighted by Gasteiger charge is -2.23. The smallest absolute Gasteiger partial charge is 0.233 e. The third-order valence-corrected chi connectivity index (χ3v) is 6.81. The maximum absolute atomic E-state index is 13.5. The first kappa shape index (κ1) is 20.9. The molecule has 0 bridgehead atoms. The molecule has 0 spiro atoms. The van der Waals surface area contributed by atoms with Crippen molar-refractivity contribution in [2.45, 2.75) is 32.3 Å². The van der Waals surface area contributed by atoms with Crippen molar-refractivity contribution in [3.8, 4) is 5.75 Å². The summed E-state index contributed by atoms with van der Waals surface area (Å²) in [5, 5.41) is 3.04. The number of thiazole rings is 1. The van der Waals surface area contributed by atoms with Crippen LogP contribution in [0.3, 0.4) is 0 Å². The number of benzene rings is 3. The lowest BCUT2D eigenvalue weighted by molar-refractivity contribution is -0.118. The second-order valence-electron chi connectivity index (χ2n) is 8.06. The highest BCUT2D eigenvalue weighted by molar-refractivity contribution is 7.22. The summed E-state index contributed by atoms with van der Waals surface area (Å²) in [6.45, 7) is 3.88. The molecule has 32 heavy (non-hydrogen) atoms. The lowest BCUT2D eigenvalue weighted by atomic mass is 10.0. The van der Waals surface area contributed by atoms with Crippen molar-refractivity contribution in [2.75, 3.05) is 24.7 Å². The molecular weight excluding hydrogens is 420 g/mol. The second kappa shape index (κ2) is 9.27. The molecule has 0 aliphatic carbocycles. The Hall–Kier alpha value is -2.96. The minimum Gasteiger partial charge on any atom is -0.494 e. The Morgan fingerprint density at radius 2 is 2.03 bits per heavy atom. The zero-order valence-corrected chi connectivity index (χ0v) is 18.9. The fourth-order valence-electron chi connectivity index (χ4n) is 4.16. The minimum absolute atomic E-state index is 0.0415. The van der Waals surface area contributed by atoms with Gasteiger partial charge in [-0.3, -0.25) is 9.69 Å². The van der Waals surface area contributed by atoms with Gasteiger partial charge in [0.1, 0.15) is 5.75 Å². The van der Waals surface area contributed by atoms with Crippen LogP contribution in [0.15, 0.2) is 60.7 Å². The van der Waals surface area contributed by atoms with E-state index in [9.17, 15) is 4.79 Å². The number of carbonyl (C=O) groups excluding carboxylic acids is 1. The van der Waals surface area contributed by atoms with Crippen LogP contribution in [0, 0.1) is 0 Å². The highest BCUT2D eigenvalue weighted by Crippen LogP contribution is 2.33. The lowest BCUT2D eigenvalue weighted by Crippen LogP contribution is -2.38. The van der Waals surface area contributed by atoms with Crippen LogP contribution in [-0.4, -0.2) is 36.8 Å². The van der Waals surface area contributed by atoms with Crippen LogP contribution in [0.25, 0.3) is 21.0 Å². The molecule has 1 aliphatic heterocycles. The van der Waals surface area contributed by atoms with Crippen LogP contribution in [0.4, 0.5) is 5.13 Å². The van der Waals surface area contributed by atoms with Gasteiger partial charge >= 0.3 is 0 Å². The molecule has 2 heterocycles. The minimum atomic E-state index is 0.0415. The molecule has 3 aromatic carbocycles. The molecule has 1 unspecified atom stereocenters. The van der Waals surface area contributed by atoms with Gasteiger partial charge < -0.3 is 9.47 Å². The number of fused-ring (bicyclic) bond motifs is 2. The van der Waals surface area contributed by atoms with Gasteiger partial charge in [-0.15, -0.1) is 0 Å². The number of hydrogen-bond acceptors (Lipinski definition) is 5. The van der Waals surface area contributed by atoms with Gasteiger partial charge in [-0.25, -0.2) is 4.98 Å². The SMILES string of the molecule is CCOc1ccc2nc(N(CC3CCCO3)C(=O)Cc3ccc4ccccc4c3)sc2c1. The molecule has 1 aliphatic rings. The first-order valence-corrected chi connectivity index (χ1v) is 11.9. The molecule has 4 aromatic rings. The van der Waals surface area contributed by atoms with Crippen LogP contribution >= 0.6 is 11.3 Å². The average molecular weight is 447 g/mol. The molecule has 1 fully saturated rings. The molecule has 1 atom stereocenters. The van der Waals surface area contributed by atoms with E-state index in [1.165, 1.54) is 16.7 Å². The topological polar surface area (TPSA) is 51.7 Å². The molecule has 1 saturated heterocycles. The summed E-state index contributed by atoms with van der Waals surface area (Å²) in [6.07, 6.45) is 2.40. The number of aromatic nitrogens is 1. The van der Waals surface area contributed by atoms with Crippen molar-refractivity contribution in [3.05, 3.63) is 66.2 Å². The largest absolute Gasteiger partial charge is 0.494 e. The summed E-state index contributed by atoms with van der Waals surface area (Å²) >= 11 is 1.53. The van der Waals surface area contributed by atoms with E-state index in [1.807, 2.05) is 48.2 Å². The van der Waals surface area contributed by atoms with Crippen LogP contribution in [-0.2, 0) is 16.0 Å². The number of nitrogens with zero attached hydrogens (tertiary/aromatic N) is 2. The van der Waals surface area contributed by atoms with Crippen LogP contribution < -0.4 is 9.64 Å². The van der Waals surface area contributed by atoms with Gasteiger partial charge in [0.15, 0.2) is 5.13 Å². The van der Waals surface area contributed by atoms with E-state index in [1.54, 1.807) is 0 Å². The molecule has 0 N–H and O–H groups in total. The Morgan fingerprint density at radius 1 is 1.16 bits per heavy atom. The van der Waals surface area contributed by atoms with Crippen LogP contribution in [0.1, 0.15) is 25.3 Å². The van der Waals surface area contributed by atoms with Gasteiger partial charge in [-0.1, -0.05) is 53.8 Å². The Labute approximate surface area is 191 Å². The normalized spacial score (nSPS) is 16.0. The molecule has 6 heteroatoms. The molecule has 1 amide bonds. The highest BCUT2D eigenvalue weighted by Gasteiger charge is 2.26. The Morgan fingerprint density at radius 3 is 2.84 bits per heavy atom. The van der Waals surface area contributed by atoms with Crippen LogP contribution in [0.2, 0.25) is 0 Å². The number of rotatable bonds is 7. The van der Waals surface area contributed by atoms with E-state index < -0.39 is 0 Å². The van der Waals surface area contributed by atoms with Gasteiger partial charge in [0, 0.05) is 6.61 Å². The van der Waals surface area contributed by atoms with E-state index in [4.69, 9.17) is 14.5 Å². The third-order valence-electron chi connectivity index (χ3n) is 5.77. The highest BCUT2D eigenvalue weighted by atomic mass is 32.1. The third kappa shape index (κ3) is 4.47. The molecule has 1 aromatic heterocycles. The first-order chi connectivity index (χ1) is 15.7. The molecule has 0 radical (unpaired) electrons. The number of hydrogen-bond donors (Lipinski definition) is 0. The van der Waals surface area contributed by atoms with Gasteiger partial charge in [-0.2, -0.15) is 0 Å². The fourth-order valence-corrected chi connectivity index (χ4v) is 5.18. The monoisotopic (exact) mass is 446 g/mol. The number of amides is 1. The first-order valence-electron chi connectivity index (χ1n) is 11.1. The van der Waals surface area contributed by atoms with Crippen molar-refractivity contribution in [1.82, 2.24) is 4.98 Å². The van der Waals surface area contributed by atoms with E-state index in [-0.39, 0.29) is 12.0 Å². The summed E-state index contributed by atoms with van der Waals surface area (Å²) in [4.78, 5) is 20.1. The molecule has 0 saturated carbocycles. The number of anilines is 1. The van der Waals surface area contributed by atoms with E-state index in [0.717, 1.165) is 51.5 Å². The van der Waals surface area contributed by atoms with Crippen molar-refractivity contribution in [1.29, 1.82) is 0 Å². The van der Waals surface area contributed by atoms with Crippen molar-refractivity contribution in [3.63, 3.8) is 0 Å². The maximum Gasteiger partial charge on any atom is 0.233 e. The molecular formula is C26H26N2O3S. The zero-order chi connectivity index (χ0) is 21.9. The summed E-state index contributed by atoms with van der Waals surface area (Å²) in [5.74, 6) is 0.864. The van der Waals surface area contributed by atoms with E-state index >= 15 is 0 Å². The predicted octanol–water partition coefficient (Wildman–Crippen LogP) is 5.60. The van der Waals surface area contributed by atoms with Gasteiger partial charge in [0.05, 0.1) is 35.9 Å². The van der Waals surface area contributed by atoms with Crippen molar-refractivity contribution >= 4 is 43.4 Å². The molecule has 5 nitrogen and oxygen atoms in total. The Balaban J connectivity index is 1.44. The van der Waals surface area contributed by atoms with Crippen molar-refractivity contribution in [2.24, 2.45) is 0 Å². The number of carbonyl (C=O) groups is 1. The predicted molar refractivity (Wildman–Crippen MR) is 130 cm³/mol. The fraction of sp³-hybridized carbons (Fsp3) is 0.308. The van der Waals surface area contributed by atoms with Gasteiger partial charge in [-0.05, 0) is 54.3 Å². The maximum atomic E-state index is 13.5.